The van der Waals surface area contributed by atoms with Gasteiger partial charge >= 0.3 is 6.03 Å². The van der Waals surface area contributed by atoms with Crippen LogP contribution in [0.15, 0.2) is 36.4 Å². The number of nitrogens with zero attached hydrogens (tertiary/aromatic N) is 1. The summed E-state index contributed by atoms with van der Waals surface area (Å²) in [6.45, 7) is 0. The molecule has 2 aromatic rings. The minimum atomic E-state index is -1.26. The maximum absolute atomic E-state index is 13.8. The second-order valence-corrected chi connectivity index (χ2v) is 4.99. The van der Waals surface area contributed by atoms with Crippen molar-refractivity contribution in [3.8, 4) is 0 Å². The van der Waals surface area contributed by atoms with Crippen molar-refractivity contribution in [3.05, 3.63) is 63.6 Å². The average molecular weight is 345 g/mol. The van der Waals surface area contributed by atoms with Gasteiger partial charge in [0.2, 0.25) is 0 Å². The predicted octanol–water partition coefficient (Wildman–Crippen LogP) is 4.00. The summed E-state index contributed by atoms with van der Waals surface area (Å²) in [6.07, 6.45) is 0. The number of halogens is 4. The molecule has 2 rings (SSSR count). The molecule has 22 heavy (non-hydrogen) atoms. The van der Waals surface area contributed by atoms with Gasteiger partial charge in [0.15, 0.2) is 0 Å². The number of carbonyl (C=O) groups excluding carboxylic acids is 2. The Morgan fingerprint density at radius 1 is 1.05 bits per heavy atom. The fraction of sp³-hybridized carbons (Fsp3) is 0. The number of primary amides is 1. The molecule has 0 bridgehead atoms. The van der Waals surface area contributed by atoms with Crippen LogP contribution in [0.4, 0.5) is 19.3 Å². The lowest BCUT2D eigenvalue weighted by Gasteiger charge is -2.20. The molecule has 0 fully saturated rings. The maximum Gasteiger partial charge on any atom is 0.326 e. The molecule has 0 saturated heterocycles. The molecule has 0 saturated carbocycles. The number of hydrogen-bond donors (Lipinski definition) is 1. The van der Waals surface area contributed by atoms with Crippen LogP contribution in [0, 0.1) is 11.6 Å². The first-order valence-electron chi connectivity index (χ1n) is 5.86. The molecule has 0 aromatic heterocycles. The predicted molar refractivity (Wildman–Crippen MR) is 79.2 cm³/mol. The van der Waals surface area contributed by atoms with Crippen LogP contribution in [0.3, 0.4) is 0 Å². The van der Waals surface area contributed by atoms with Gasteiger partial charge in [-0.15, -0.1) is 0 Å². The van der Waals surface area contributed by atoms with E-state index in [0.717, 1.165) is 12.1 Å². The van der Waals surface area contributed by atoms with Gasteiger partial charge in [0.05, 0.1) is 21.3 Å². The van der Waals surface area contributed by atoms with Crippen LogP contribution >= 0.6 is 23.2 Å². The van der Waals surface area contributed by atoms with Gasteiger partial charge in [-0.2, -0.15) is 0 Å². The first kappa shape index (κ1) is 16.2. The third-order valence-electron chi connectivity index (χ3n) is 2.75. The molecule has 0 unspecified atom stereocenters. The number of carbonyl (C=O) groups is 2. The highest BCUT2D eigenvalue weighted by Gasteiger charge is 2.28. The first-order valence-corrected chi connectivity index (χ1v) is 6.61. The van der Waals surface area contributed by atoms with Crippen molar-refractivity contribution in [2.75, 3.05) is 4.90 Å². The van der Waals surface area contributed by atoms with Crippen LogP contribution in [0.2, 0.25) is 10.0 Å². The van der Waals surface area contributed by atoms with Crippen molar-refractivity contribution in [1.82, 2.24) is 0 Å². The molecule has 0 spiro atoms. The molecule has 0 aliphatic rings. The minimum Gasteiger partial charge on any atom is -0.351 e. The molecule has 114 valence electrons. The molecule has 0 atom stereocenters. The summed E-state index contributed by atoms with van der Waals surface area (Å²) < 4.78 is 26.8. The second kappa shape index (κ2) is 6.29. The number of benzene rings is 2. The summed E-state index contributed by atoms with van der Waals surface area (Å²) in [5.41, 5.74) is 4.41. The van der Waals surface area contributed by atoms with Gasteiger partial charge in [0, 0.05) is 6.07 Å². The molecule has 0 aliphatic heterocycles. The molecule has 3 amide bonds. The Morgan fingerprint density at radius 3 is 2.14 bits per heavy atom. The molecule has 4 nitrogen and oxygen atoms in total. The molecule has 0 radical (unpaired) electrons. The Bertz CT molecular complexity index is 748. The van der Waals surface area contributed by atoms with Crippen LogP contribution in [0.5, 0.6) is 0 Å². The second-order valence-electron chi connectivity index (χ2n) is 4.17. The monoisotopic (exact) mass is 344 g/mol. The third-order valence-corrected chi connectivity index (χ3v) is 3.38. The van der Waals surface area contributed by atoms with Gasteiger partial charge < -0.3 is 5.73 Å². The van der Waals surface area contributed by atoms with Crippen molar-refractivity contribution < 1.29 is 18.4 Å². The smallest absolute Gasteiger partial charge is 0.326 e. The van der Waals surface area contributed by atoms with Gasteiger partial charge in [0.1, 0.15) is 11.6 Å². The van der Waals surface area contributed by atoms with E-state index in [2.05, 4.69) is 0 Å². The van der Waals surface area contributed by atoms with Crippen molar-refractivity contribution in [2.45, 2.75) is 0 Å². The molecule has 0 heterocycles. The zero-order valence-electron chi connectivity index (χ0n) is 10.8. The third kappa shape index (κ3) is 3.03. The van der Waals surface area contributed by atoms with Crippen molar-refractivity contribution in [3.63, 3.8) is 0 Å². The zero-order chi connectivity index (χ0) is 16.4. The summed E-state index contributed by atoms with van der Waals surface area (Å²) in [6, 6.07) is 5.31. The highest BCUT2D eigenvalue weighted by Crippen LogP contribution is 2.29. The van der Waals surface area contributed by atoms with Crippen LogP contribution in [0.25, 0.3) is 0 Å². The van der Waals surface area contributed by atoms with Gasteiger partial charge in [0.25, 0.3) is 5.91 Å². The number of hydrogen-bond acceptors (Lipinski definition) is 2. The molecular weight excluding hydrogens is 337 g/mol. The topological polar surface area (TPSA) is 63.4 Å². The van der Waals surface area contributed by atoms with Gasteiger partial charge in [-0.05, 0) is 24.3 Å². The van der Waals surface area contributed by atoms with Gasteiger partial charge in [-0.1, -0.05) is 29.3 Å². The Balaban J connectivity index is 2.58. The van der Waals surface area contributed by atoms with Crippen LogP contribution in [0.1, 0.15) is 10.4 Å². The first-order chi connectivity index (χ1) is 10.3. The molecular formula is C14H8Cl2F2N2O2. The lowest BCUT2D eigenvalue weighted by atomic mass is 10.1. The minimum absolute atomic E-state index is 0.0359. The summed E-state index contributed by atoms with van der Waals surface area (Å²) in [4.78, 5) is 24.4. The van der Waals surface area contributed by atoms with Gasteiger partial charge in [-0.3, -0.25) is 4.79 Å². The van der Waals surface area contributed by atoms with Crippen LogP contribution < -0.4 is 10.6 Å². The van der Waals surface area contributed by atoms with E-state index in [1.165, 1.54) is 18.2 Å². The van der Waals surface area contributed by atoms with E-state index in [1.54, 1.807) is 0 Å². The Morgan fingerprint density at radius 2 is 1.64 bits per heavy atom. The Labute approximate surface area is 134 Å². The lowest BCUT2D eigenvalue weighted by Crippen LogP contribution is -2.41. The molecule has 8 heteroatoms. The number of amides is 3. The van der Waals surface area contributed by atoms with E-state index in [-0.39, 0.29) is 15.6 Å². The maximum atomic E-state index is 13.8. The highest BCUT2D eigenvalue weighted by atomic mass is 35.5. The number of imide groups is 1. The van der Waals surface area contributed by atoms with E-state index in [1.807, 2.05) is 0 Å². The zero-order valence-corrected chi connectivity index (χ0v) is 12.3. The summed E-state index contributed by atoms with van der Waals surface area (Å²) in [5, 5.41) is -0.0717. The standard InChI is InChI=1S/C14H8Cl2F2N2O2/c15-8-2-1-3-9(16)12(8)13(21)20(14(19)22)11-5-4-7(17)6-10(11)18/h1-6H,(H2,19,22). The van der Waals surface area contributed by atoms with E-state index in [0.29, 0.717) is 11.0 Å². The Hall–Kier alpha value is -2.18. The average Bonchev–Trinajstić information content (AvgIpc) is 2.41. The largest absolute Gasteiger partial charge is 0.351 e. The van der Waals surface area contributed by atoms with Crippen LogP contribution in [-0.2, 0) is 0 Å². The quantitative estimate of drug-likeness (QED) is 0.894. The molecule has 2 aromatic carbocycles. The van der Waals surface area contributed by atoms with E-state index >= 15 is 0 Å². The van der Waals surface area contributed by atoms with Gasteiger partial charge in [-0.25, -0.2) is 18.5 Å². The van der Waals surface area contributed by atoms with Crippen molar-refractivity contribution in [1.29, 1.82) is 0 Å². The Kier molecular flexibility index (Phi) is 4.63. The summed E-state index contributed by atoms with van der Waals surface area (Å²) >= 11 is 11.8. The normalized spacial score (nSPS) is 10.4. The summed E-state index contributed by atoms with van der Waals surface area (Å²) in [5.74, 6) is -3.02. The van der Waals surface area contributed by atoms with Crippen molar-refractivity contribution >= 4 is 40.8 Å². The van der Waals surface area contributed by atoms with E-state index < -0.39 is 29.3 Å². The number of rotatable bonds is 2. The fourth-order valence-corrected chi connectivity index (χ4v) is 2.36. The molecule has 2 N–H and O–H groups in total. The number of urea groups is 1. The van der Waals surface area contributed by atoms with E-state index in [4.69, 9.17) is 28.9 Å². The SMILES string of the molecule is NC(=O)N(C(=O)c1c(Cl)cccc1Cl)c1ccc(F)cc1F. The van der Waals surface area contributed by atoms with Crippen molar-refractivity contribution in [2.24, 2.45) is 5.73 Å². The fourth-order valence-electron chi connectivity index (χ4n) is 1.80. The lowest BCUT2D eigenvalue weighted by molar-refractivity contribution is 0.0994. The van der Waals surface area contributed by atoms with Crippen LogP contribution in [-0.4, -0.2) is 11.9 Å². The number of anilines is 1. The summed E-state index contributed by atoms with van der Waals surface area (Å²) in [7, 11) is 0. The molecule has 0 aliphatic carbocycles. The van der Waals surface area contributed by atoms with E-state index in [9.17, 15) is 18.4 Å². The highest BCUT2D eigenvalue weighted by molar-refractivity contribution is 6.41. The number of nitrogens with two attached hydrogens (primary N) is 1.